The molecule has 0 aliphatic heterocycles. The summed E-state index contributed by atoms with van der Waals surface area (Å²) in [7, 11) is 3.25. The van der Waals surface area contributed by atoms with Gasteiger partial charge in [-0.25, -0.2) is 15.6 Å². The van der Waals surface area contributed by atoms with Crippen molar-refractivity contribution in [1.29, 1.82) is 0 Å². The Labute approximate surface area is 141 Å². The zero-order valence-electron chi connectivity index (χ0n) is 14.6. The fourth-order valence-electron chi connectivity index (χ4n) is 1.88. The summed E-state index contributed by atoms with van der Waals surface area (Å²) in [6, 6.07) is 0. The van der Waals surface area contributed by atoms with E-state index in [1.54, 1.807) is 21.0 Å². The van der Waals surface area contributed by atoms with Crippen LogP contribution in [0.25, 0.3) is 5.70 Å². The Hall–Kier alpha value is -2.55. The van der Waals surface area contributed by atoms with Crippen molar-refractivity contribution in [2.24, 2.45) is 11.6 Å². The van der Waals surface area contributed by atoms with Gasteiger partial charge in [-0.2, -0.15) is 0 Å². The van der Waals surface area contributed by atoms with E-state index in [0.717, 1.165) is 12.8 Å². The average molecular weight is 338 g/mol. The number of carbonyl (C=O) groups is 1. The van der Waals surface area contributed by atoms with Crippen molar-refractivity contribution < 1.29 is 9.53 Å². The second-order valence-corrected chi connectivity index (χ2v) is 5.50. The topological polar surface area (TPSA) is 131 Å². The highest BCUT2D eigenvalue weighted by Gasteiger charge is 2.16. The number of carbonyl (C=O) groups excluding carboxylic acids is 1. The van der Waals surface area contributed by atoms with Gasteiger partial charge in [-0.1, -0.05) is 13.3 Å². The molecule has 1 heterocycles. The number of aryl methyl sites for hydroxylation is 1. The lowest BCUT2D eigenvalue weighted by Crippen LogP contribution is -2.34. The van der Waals surface area contributed by atoms with Crippen molar-refractivity contribution in [2.75, 3.05) is 27.2 Å². The van der Waals surface area contributed by atoms with Gasteiger partial charge in [0.05, 0.1) is 11.4 Å². The van der Waals surface area contributed by atoms with E-state index in [0.29, 0.717) is 17.9 Å². The minimum atomic E-state index is -0.457. The molecule has 1 aromatic heterocycles. The molecule has 0 fully saturated rings. The second-order valence-electron chi connectivity index (χ2n) is 5.50. The van der Waals surface area contributed by atoms with E-state index in [1.807, 2.05) is 6.92 Å². The molecule has 134 valence electrons. The van der Waals surface area contributed by atoms with E-state index in [4.69, 9.17) is 16.3 Å². The van der Waals surface area contributed by atoms with Crippen molar-refractivity contribution in [3.05, 3.63) is 33.6 Å². The zero-order chi connectivity index (χ0) is 18.3. The van der Waals surface area contributed by atoms with Crippen LogP contribution in [0.1, 0.15) is 31.2 Å². The largest absolute Gasteiger partial charge is 0.443 e. The first-order chi connectivity index (χ1) is 11.3. The molecular formula is C15H26N6O3. The number of aromatic nitrogens is 2. The third-order valence-corrected chi connectivity index (χ3v) is 3.46. The molecule has 9 nitrogen and oxygen atoms in total. The summed E-state index contributed by atoms with van der Waals surface area (Å²) in [5.41, 5.74) is 7.02. The lowest BCUT2D eigenvalue weighted by molar-refractivity contribution is 0.113. The normalized spacial score (nSPS) is 11.7. The molecule has 1 rings (SSSR count). The molecule has 0 unspecified atom stereocenters. The van der Waals surface area contributed by atoms with Crippen molar-refractivity contribution in [2.45, 2.75) is 26.7 Å². The summed E-state index contributed by atoms with van der Waals surface area (Å²) in [5.74, 6) is 5.78. The number of amides is 1. The van der Waals surface area contributed by atoms with Crippen LogP contribution >= 0.6 is 0 Å². The Morgan fingerprint density at radius 1 is 1.42 bits per heavy atom. The molecule has 0 aromatic carbocycles. The number of hydrogen-bond donors (Lipinski definition) is 3. The third-order valence-electron chi connectivity index (χ3n) is 3.46. The highest BCUT2D eigenvalue weighted by atomic mass is 16.6. The van der Waals surface area contributed by atoms with Crippen LogP contribution in [0.2, 0.25) is 0 Å². The van der Waals surface area contributed by atoms with E-state index >= 15 is 0 Å². The summed E-state index contributed by atoms with van der Waals surface area (Å²) in [4.78, 5) is 31.5. The predicted molar refractivity (Wildman–Crippen MR) is 91.5 cm³/mol. The number of unbranched alkanes of at least 4 members (excludes halogenated alkanes) is 1. The highest BCUT2D eigenvalue weighted by molar-refractivity contribution is 5.68. The fraction of sp³-hybridized carbons (Fsp3) is 0.533. The fourth-order valence-corrected chi connectivity index (χ4v) is 1.88. The number of likely N-dealkylation sites (N-methyl/N-ethyl adjacent to an activating group) is 1. The van der Waals surface area contributed by atoms with Gasteiger partial charge in [-0.15, -0.1) is 0 Å². The average Bonchev–Trinajstić information content (AvgIpc) is 2.54. The molecule has 1 aromatic rings. The molecule has 0 atom stereocenters. The number of rotatable bonds is 7. The van der Waals surface area contributed by atoms with Gasteiger partial charge >= 0.3 is 6.09 Å². The van der Waals surface area contributed by atoms with Gasteiger partial charge < -0.3 is 25.4 Å². The Morgan fingerprint density at radius 2 is 2.08 bits per heavy atom. The number of nitrogens with one attached hydrogen (secondary N) is 1. The lowest BCUT2D eigenvalue weighted by Gasteiger charge is -2.21. The highest BCUT2D eigenvalue weighted by Crippen LogP contribution is 2.12. The van der Waals surface area contributed by atoms with Gasteiger partial charge in [0.1, 0.15) is 18.0 Å². The van der Waals surface area contributed by atoms with Crippen molar-refractivity contribution in [3.8, 4) is 0 Å². The van der Waals surface area contributed by atoms with Gasteiger partial charge in [0, 0.05) is 26.8 Å². The van der Waals surface area contributed by atoms with Gasteiger partial charge in [-0.3, -0.25) is 4.79 Å². The molecule has 9 heteroatoms. The van der Waals surface area contributed by atoms with Gasteiger partial charge in [-0.05, 0) is 13.3 Å². The van der Waals surface area contributed by atoms with Crippen LogP contribution in [-0.2, 0) is 4.74 Å². The predicted octanol–water partition coefficient (Wildman–Crippen LogP) is 0.380. The van der Waals surface area contributed by atoms with Gasteiger partial charge in [0.25, 0.3) is 5.56 Å². The maximum absolute atomic E-state index is 12.0. The number of H-pyrrole nitrogens is 1. The Morgan fingerprint density at radius 3 is 2.62 bits per heavy atom. The number of hydrazine groups is 1. The van der Waals surface area contributed by atoms with Crippen LogP contribution in [0.5, 0.6) is 0 Å². The molecule has 0 radical (unpaired) electrons. The lowest BCUT2D eigenvalue weighted by atomic mass is 10.2. The molecule has 5 N–H and O–H groups in total. The summed E-state index contributed by atoms with van der Waals surface area (Å²) in [6.45, 7) is 4.13. The molecular weight excluding hydrogens is 312 g/mol. The summed E-state index contributed by atoms with van der Waals surface area (Å²) in [6.07, 6.45) is 2.82. The van der Waals surface area contributed by atoms with Crippen molar-refractivity contribution in [3.63, 3.8) is 0 Å². The molecule has 24 heavy (non-hydrogen) atoms. The first-order valence-corrected chi connectivity index (χ1v) is 7.69. The number of nitrogens with zero attached hydrogens (tertiary/aromatic N) is 3. The zero-order valence-corrected chi connectivity index (χ0v) is 14.6. The van der Waals surface area contributed by atoms with Crippen molar-refractivity contribution in [1.82, 2.24) is 19.9 Å². The molecule has 0 spiro atoms. The van der Waals surface area contributed by atoms with E-state index in [9.17, 15) is 9.59 Å². The smallest absolute Gasteiger partial charge is 0.409 e. The first kappa shape index (κ1) is 19.5. The quantitative estimate of drug-likeness (QED) is 0.484. The van der Waals surface area contributed by atoms with Crippen LogP contribution in [0.3, 0.4) is 0 Å². The third kappa shape index (κ3) is 5.27. The number of nitrogens with two attached hydrogens (primary N) is 2. The molecule has 0 saturated heterocycles. The molecule has 0 saturated carbocycles. The minimum Gasteiger partial charge on any atom is -0.443 e. The Kier molecular flexibility index (Phi) is 7.25. The number of hydrogen-bond acceptors (Lipinski definition) is 7. The molecule has 0 bridgehead atoms. The first-order valence-electron chi connectivity index (χ1n) is 7.69. The van der Waals surface area contributed by atoms with E-state index in [-0.39, 0.29) is 23.6 Å². The number of ether oxygens (including phenoxy) is 1. The summed E-state index contributed by atoms with van der Waals surface area (Å²) in [5, 5.41) is 1.26. The molecule has 1 amide bonds. The maximum atomic E-state index is 12.0. The second kappa shape index (κ2) is 8.92. The van der Waals surface area contributed by atoms with E-state index < -0.39 is 6.09 Å². The molecule has 0 aliphatic rings. The minimum absolute atomic E-state index is 0.103. The van der Waals surface area contributed by atoms with Crippen LogP contribution in [0.4, 0.5) is 4.79 Å². The van der Waals surface area contributed by atoms with Crippen LogP contribution in [0, 0.1) is 6.92 Å². The van der Waals surface area contributed by atoms with Crippen LogP contribution in [-0.4, -0.2) is 53.2 Å². The number of aromatic amines is 1. The standard InChI is InChI=1S/C15H26N6O3/c1-5-6-7-20(3)15(23)24-9-12(21(4)17)13(16)11-8-18-14(22)10(2)19-11/h8H,5-7,9,16-17H2,1-4H3,(H,18,22)/b13-12-. The maximum Gasteiger partial charge on any atom is 0.409 e. The van der Waals surface area contributed by atoms with Gasteiger partial charge in [0.15, 0.2) is 0 Å². The molecule has 0 aliphatic carbocycles. The summed E-state index contributed by atoms with van der Waals surface area (Å²) >= 11 is 0. The Bertz CT molecular complexity index is 653. The SMILES string of the molecule is CCCCN(C)C(=O)OC/C(=C(/N)c1c[nH]c(=O)c(C)n1)N(C)N. The van der Waals surface area contributed by atoms with E-state index in [2.05, 4.69) is 9.97 Å². The van der Waals surface area contributed by atoms with E-state index in [1.165, 1.54) is 16.1 Å². The van der Waals surface area contributed by atoms with Crippen LogP contribution in [0.15, 0.2) is 16.7 Å². The Balaban J connectivity index is 2.91. The van der Waals surface area contributed by atoms with Gasteiger partial charge in [0.2, 0.25) is 0 Å². The summed E-state index contributed by atoms with van der Waals surface area (Å²) < 4.78 is 5.25. The van der Waals surface area contributed by atoms with Crippen LogP contribution < -0.4 is 17.1 Å². The monoisotopic (exact) mass is 338 g/mol. The van der Waals surface area contributed by atoms with Crippen molar-refractivity contribution >= 4 is 11.8 Å².